The molecule has 12 rings (SSSR count). The molecule has 2 atom stereocenters. The Labute approximate surface area is 1040 Å². The summed E-state index contributed by atoms with van der Waals surface area (Å²) in [7, 11) is 0. The van der Waals surface area contributed by atoms with Gasteiger partial charge in [-0.3, -0.25) is 24.0 Å². The lowest BCUT2D eigenvalue weighted by Crippen LogP contribution is -2.32. The molecular formula is C91H78I18N2O25. The minimum Gasteiger partial charge on any atom is -0.508 e. The zero-order chi connectivity index (χ0) is 107. The molecular weight excluding hydrogens is 3810 g/mol. The number of aromatic hydroxyl groups is 6. The fourth-order valence-corrected chi connectivity index (χ4v) is 27.2. The first-order valence-electron chi connectivity index (χ1n) is 41.1. The monoisotopic (exact) mass is 3900 g/mol. The highest BCUT2D eigenvalue weighted by atomic mass is 127. The Hall–Kier alpha value is -2.08. The van der Waals surface area contributed by atoms with Gasteiger partial charge in [0.25, 0.3) is 0 Å². The van der Waals surface area contributed by atoms with Gasteiger partial charge in [-0.1, -0.05) is 19.9 Å². The molecule has 0 saturated heterocycles. The highest BCUT2D eigenvalue weighted by Crippen LogP contribution is 2.44. The molecule has 0 spiro atoms. The molecule has 12 aromatic rings. The summed E-state index contributed by atoms with van der Waals surface area (Å²) in [5, 5.41) is 111. The second-order valence-electron chi connectivity index (χ2n) is 28.3. The van der Waals surface area contributed by atoms with E-state index in [2.05, 4.69) is 316 Å². The average Bonchev–Trinajstić information content (AvgIpc) is 0.827. The highest BCUT2D eigenvalue weighted by molar-refractivity contribution is 14.1. The van der Waals surface area contributed by atoms with Crippen molar-refractivity contribution in [1.82, 2.24) is 0 Å². The van der Waals surface area contributed by atoms with Crippen LogP contribution < -0.4 is 44.6 Å². The summed E-state index contributed by atoms with van der Waals surface area (Å²) in [5.74, 6) is 4.46. The van der Waals surface area contributed by atoms with Crippen LogP contribution in [0.2, 0.25) is 0 Å². The third-order valence-electron chi connectivity index (χ3n) is 17.4. The maximum atomic E-state index is 10.9. The number of phenolic OH excluding ortho intramolecular Hbond substituents is 6. The van der Waals surface area contributed by atoms with E-state index in [1.54, 1.807) is 115 Å². The van der Waals surface area contributed by atoms with E-state index in [1.807, 2.05) is 166 Å². The number of benzene rings is 12. The predicted octanol–water partition coefficient (Wildman–Crippen LogP) is 29.0. The molecule has 0 aliphatic rings. The Morgan fingerprint density at radius 3 is 0.941 bits per heavy atom. The van der Waals surface area contributed by atoms with Crippen LogP contribution in [0.3, 0.4) is 0 Å². The number of nitrogens with two attached hydrogens (primary N) is 2. The predicted molar refractivity (Wildman–Crippen MR) is 674 cm³/mol. The Morgan fingerprint density at radius 2 is 0.610 bits per heavy atom. The molecule has 0 heterocycles. The van der Waals surface area contributed by atoms with Crippen LogP contribution in [0.15, 0.2) is 170 Å². The molecule has 136 heavy (non-hydrogen) atoms. The molecule has 0 aromatic heterocycles. The normalized spacial score (nSPS) is 11.2. The fraction of sp³-hybridized carbons (Fsp3) is 0.143. The third-order valence-corrected chi connectivity index (χ3v) is 32.2. The van der Waals surface area contributed by atoms with Crippen molar-refractivity contribution in [2.75, 3.05) is 6.61 Å². The first-order chi connectivity index (χ1) is 66.7. The van der Waals surface area contributed by atoms with E-state index < -0.39 is 47.9 Å². The molecule has 0 fully saturated rings. The molecule has 45 heteroatoms. The largest absolute Gasteiger partial charge is 0.508 e. The maximum Gasteiger partial charge on any atom is 0.341 e. The number of halogens is 18. The van der Waals surface area contributed by atoms with E-state index in [0.717, 1.165) is 84.0 Å². The lowest BCUT2D eigenvalue weighted by molar-refractivity contribution is -0.140. The molecule has 0 amide bonds. The number of hydrogen-bond acceptors (Lipinski definition) is 21. The van der Waals surface area contributed by atoms with E-state index in [4.69, 9.17) is 84.2 Å². The Morgan fingerprint density at radius 1 is 0.309 bits per heavy atom. The van der Waals surface area contributed by atoms with E-state index >= 15 is 0 Å². The lowest BCUT2D eigenvalue weighted by atomic mass is 10.0. The van der Waals surface area contributed by atoms with Gasteiger partial charge < -0.3 is 106 Å². The van der Waals surface area contributed by atoms with Gasteiger partial charge >= 0.3 is 35.8 Å². The molecule has 0 aliphatic heterocycles. The number of phenols is 6. The fourth-order valence-electron chi connectivity index (χ4n) is 11.1. The number of hydrogen-bond donors (Lipinski definition) is 14. The minimum atomic E-state index is -1.02. The minimum absolute atomic E-state index is 0. The van der Waals surface area contributed by atoms with Gasteiger partial charge in [0, 0.05) is 22.3 Å². The molecule has 16 N–H and O–H groups in total. The maximum absolute atomic E-state index is 10.9. The number of carbonyl (C=O) groups is 6. The molecule has 0 radical (unpaired) electrons. The Bertz CT molecular complexity index is 6290. The zero-order valence-electron chi connectivity index (χ0n) is 75.5. The number of carboxylic acids is 6. The topological polar surface area (TPSA) is 462 Å². The van der Waals surface area contributed by atoms with Crippen molar-refractivity contribution in [2.45, 2.75) is 77.3 Å². The SMILES string of the molecule is Cc1cc(OCC(=O)O)cc(I)c1Oc1ccc(O)c(C(C)C)c1.NC(Cc1cc(I)c(Oc2cc(I)c(O)c(I)c2)c(I)c1)C(=O)O.NC(Cc1cc(I)c(Oc2ccc(O)c(I)c2)c(I)c1)C(=O)O.O=C(O)CCc1cc(I)c(Oc2ccc(O)c(I)c2)c(I)c1.O=C(O)Cc1cc(I)c(Oc2cc(I)c(O)c(I)c2)c(I)c1.O=C(O)Cc1ccc(Oc2cc(I)c(O)c(I)c2)c(I)c1.[3HH].[3H][3H].[3H][3H].[3H][3H]. The summed E-state index contributed by atoms with van der Waals surface area (Å²) in [5.41, 5.74) is 17.0. The van der Waals surface area contributed by atoms with Crippen LogP contribution in [-0.4, -0.2) is 116 Å². The highest BCUT2D eigenvalue weighted by Gasteiger charge is 2.23. The van der Waals surface area contributed by atoms with Gasteiger partial charge in [-0.15, -0.1) is 0 Å². The number of ether oxygens (including phenoxy) is 7. The van der Waals surface area contributed by atoms with E-state index in [0.29, 0.717) is 100 Å². The van der Waals surface area contributed by atoms with Crippen LogP contribution in [0.5, 0.6) is 109 Å². The molecule has 0 aliphatic carbocycles. The van der Waals surface area contributed by atoms with Crippen LogP contribution in [0.1, 0.15) is 75.5 Å². The second-order valence-corrected chi connectivity index (χ2v) is 49.2. The number of aliphatic carboxylic acids is 6. The van der Waals surface area contributed by atoms with Crippen LogP contribution in [0.4, 0.5) is 0 Å². The quantitative estimate of drug-likeness (QED) is 0.0194. The summed E-state index contributed by atoms with van der Waals surface area (Å²) < 4.78 is 85.1. The number of rotatable bonds is 29. The van der Waals surface area contributed by atoms with Crippen LogP contribution in [-0.2, 0) is 60.9 Å². The molecule has 2 unspecified atom stereocenters. The Kier molecular flexibility index (Phi) is 49.8. The van der Waals surface area contributed by atoms with Crippen LogP contribution in [0.25, 0.3) is 0 Å². The standard InChI is InChI=1S/C18H19IO5.C15H11I4NO4.C15H12I3NO4.C15H11I3O4.C14H8I4O4.C14H9I3O4.4H2/c1-10(2)14-7-12(4-5-16(14)20)24-18-11(3)6-13(8-15(18)19)23-9-17(21)22;16-8-4-7(5-9(17)13(8)21)24-14-10(18)1-6(2-11(14)19)3-12(20)15(22)23;16-9-6-8(1-2-13(9)20)23-14-10(17)3-7(4-11(14)18)5-12(19)15(21)22;16-10-7-9(2-3-13(10)19)22-15-11(17)5-8(6-12(15)18)1-4-14(20)21;15-8-4-7(5-9(16)13(8)21)22-14-10(17)1-6(2-11(14)18)3-12(19)20;15-9-3-7(4-13(18)19)1-2-12(9)21-8-5-10(16)14(20)11(17)6-8;;;;/h4-8,10,20H,9H2,1-3H3,(H,21,22);1-2,4-5,12,21H,3,20H2,(H,22,23);1-4,6,12,20H,5,19H2,(H,21,22);2-3,5-7,19H,1,4H2,(H,20,21);1-2,4-5,21H,3H2,(H,19,20);1-3,5-6,20H,4H2,(H,18,19);4*1H/i;;;;;;3*1+2T;1+2. The first-order valence-corrected chi connectivity index (χ1v) is 57.5. The van der Waals surface area contributed by atoms with Crippen molar-refractivity contribution in [3.05, 3.63) is 273 Å². The molecule has 728 valence electrons. The molecule has 0 saturated carbocycles. The van der Waals surface area contributed by atoms with E-state index in [-0.39, 0.29) is 80.6 Å². The number of aryl methyl sites for hydroxylation is 2. The summed E-state index contributed by atoms with van der Waals surface area (Å²) in [4.78, 5) is 64.5. The van der Waals surface area contributed by atoms with Gasteiger partial charge in [-0.2, -0.15) is 0 Å². The van der Waals surface area contributed by atoms with Crippen LogP contribution >= 0.6 is 407 Å². The van der Waals surface area contributed by atoms with E-state index in [9.17, 15) is 59.4 Å². The molecule has 0 bridgehead atoms. The van der Waals surface area contributed by atoms with Gasteiger partial charge in [0.05, 0.1) is 77.1 Å². The summed E-state index contributed by atoms with van der Waals surface area (Å²) >= 11 is 37.8. The van der Waals surface area contributed by atoms with Crippen molar-refractivity contribution in [3.8, 4) is 109 Å². The summed E-state index contributed by atoms with van der Waals surface area (Å²) in [6.07, 6.45) is 1.11. The molecule has 12 aromatic carbocycles. The Balaban J connectivity index is 0.000000436. The van der Waals surface area contributed by atoms with E-state index in [1.165, 1.54) is 0 Å². The van der Waals surface area contributed by atoms with Crippen molar-refractivity contribution in [1.29, 1.82) is 0 Å². The smallest absolute Gasteiger partial charge is 0.341 e. The van der Waals surface area contributed by atoms with Gasteiger partial charge in [-0.25, -0.2) is 4.79 Å². The first kappa shape index (κ1) is 116. The van der Waals surface area contributed by atoms with Gasteiger partial charge in [0.15, 0.2) is 29.6 Å². The van der Waals surface area contributed by atoms with Crippen molar-refractivity contribution >= 4 is 442 Å². The zero-order valence-corrected chi connectivity index (χ0v) is 108. The summed E-state index contributed by atoms with van der Waals surface area (Å²) in [6, 6.07) is 47.7. The van der Waals surface area contributed by atoms with Crippen LogP contribution in [0, 0.1) is 71.2 Å². The van der Waals surface area contributed by atoms with Gasteiger partial charge in [0.2, 0.25) is 0 Å². The van der Waals surface area contributed by atoms with Gasteiger partial charge in [0.1, 0.15) is 98.3 Å². The summed E-state index contributed by atoms with van der Waals surface area (Å²) in [6.45, 7) is 5.49. The lowest BCUT2D eigenvalue weighted by Gasteiger charge is -2.15. The van der Waals surface area contributed by atoms with Crippen molar-refractivity contribution in [2.24, 2.45) is 11.5 Å². The average molecular weight is 3900 g/mol. The van der Waals surface area contributed by atoms with Crippen molar-refractivity contribution < 1.29 is 134 Å². The molecule has 27 nitrogen and oxygen atoms in total. The second kappa shape index (κ2) is 58.5. The number of carboxylic acid groups (broad SMARTS) is 6. The van der Waals surface area contributed by atoms with Gasteiger partial charge in [-0.05, 0) is 636 Å². The third kappa shape index (κ3) is 39.3. The van der Waals surface area contributed by atoms with Crippen molar-refractivity contribution in [3.63, 3.8) is 0 Å².